The van der Waals surface area contributed by atoms with Crippen molar-refractivity contribution in [3.8, 4) is 0 Å². The topological polar surface area (TPSA) is 18.5 Å². The van der Waals surface area contributed by atoms with Gasteiger partial charge >= 0.3 is 0 Å². The van der Waals surface area contributed by atoms with E-state index in [4.69, 9.17) is 0 Å². The zero-order valence-electron chi connectivity index (χ0n) is 10.2. The Bertz CT molecular complexity index is 189. The Morgan fingerprint density at radius 3 is 2.73 bits per heavy atom. The number of likely N-dealkylation sites (N-methyl/N-ethyl adjacent to an activating group) is 1. The fourth-order valence-corrected chi connectivity index (χ4v) is 2.74. The van der Waals surface area contributed by atoms with Crippen molar-refractivity contribution >= 4 is 0 Å². The Hall–Kier alpha value is -0.120. The van der Waals surface area contributed by atoms with Crippen molar-refractivity contribution in [1.29, 1.82) is 0 Å². The summed E-state index contributed by atoms with van der Waals surface area (Å²) < 4.78 is 0. The van der Waals surface area contributed by atoms with Gasteiger partial charge in [0.05, 0.1) is 6.17 Å². The quantitative estimate of drug-likeness (QED) is 0.701. The highest BCUT2D eigenvalue weighted by Crippen LogP contribution is 2.15. The van der Waals surface area contributed by atoms with Gasteiger partial charge in [-0.2, -0.15) is 0 Å². The molecular weight excluding hydrogens is 186 g/mol. The predicted octanol–water partition coefficient (Wildman–Crippen LogP) is 1.11. The van der Waals surface area contributed by atoms with Crippen LogP contribution in [0.5, 0.6) is 0 Å². The molecule has 0 amide bonds. The fourth-order valence-electron chi connectivity index (χ4n) is 2.74. The zero-order valence-corrected chi connectivity index (χ0v) is 10.2. The van der Waals surface area contributed by atoms with E-state index in [2.05, 4.69) is 29.1 Å². The molecule has 2 rings (SSSR count). The maximum absolute atomic E-state index is 3.66. The first-order valence-corrected chi connectivity index (χ1v) is 6.45. The highest BCUT2D eigenvalue weighted by atomic mass is 15.3. The van der Waals surface area contributed by atoms with E-state index < -0.39 is 0 Å². The summed E-state index contributed by atoms with van der Waals surface area (Å²) in [5.74, 6) is 0. The summed E-state index contributed by atoms with van der Waals surface area (Å²) in [5, 5.41) is 3.66. The molecule has 2 aliphatic heterocycles. The van der Waals surface area contributed by atoms with Crippen LogP contribution < -0.4 is 5.32 Å². The van der Waals surface area contributed by atoms with E-state index in [1.54, 1.807) is 0 Å². The Morgan fingerprint density at radius 2 is 2.00 bits per heavy atom. The monoisotopic (exact) mass is 211 g/mol. The van der Waals surface area contributed by atoms with Crippen molar-refractivity contribution in [3.63, 3.8) is 0 Å². The molecule has 0 aliphatic carbocycles. The summed E-state index contributed by atoms with van der Waals surface area (Å²) in [6.45, 7) is 7.32. The van der Waals surface area contributed by atoms with E-state index in [1.165, 1.54) is 51.9 Å². The van der Waals surface area contributed by atoms with Gasteiger partial charge in [0.15, 0.2) is 0 Å². The van der Waals surface area contributed by atoms with Crippen LogP contribution in [0.25, 0.3) is 0 Å². The van der Waals surface area contributed by atoms with E-state index in [0.717, 1.165) is 0 Å². The van der Waals surface area contributed by atoms with Gasteiger partial charge in [0.25, 0.3) is 0 Å². The lowest BCUT2D eigenvalue weighted by molar-refractivity contribution is 0.125. The van der Waals surface area contributed by atoms with Crippen molar-refractivity contribution in [2.75, 3.05) is 33.2 Å². The Kier molecular flexibility index (Phi) is 4.00. The molecule has 0 aromatic rings. The van der Waals surface area contributed by atoms with Gasteiger partial charge in [-0.1, -0.05) is 0 Å². The molecule has 2 unspecified atom stereocenters. The number of rotatable bonds is 1. The molecular formula is C12H25N3. The van der Waals surface area contributed by atoms with Gasteiger partial charge in [-0.3, -0.25) is 4.90 Å². The third-order valence-electron chi connectivity index (χ3n) is 3.93. The molecule has 3 nitrogen and oxygen atoms in total. The van der Waals surface area contributed by atoms with Crippen LogP contribution in [0.1, 0.15) is 32.6 Å². The van der Waals surface area contributed by atoms with E-state index >= 15 is 0 Å². The summed E-state index contributed by atoms with van der Waals surface area (Å²) in [4.78, 5) is 5.15. The number of nitrogens with one attached hydrogen (secondary N) is 1. The van der Waals surface area contributed by atoms with Crippen LogP contribution in [0.3, 0.4) is 0 Å². The van der Waals surface area contributed by atoms with Crippen LogP contribution in [0.2, 0.25) is 0 Å². The molecule has 3 heteroatoms. The summed E-state index contributed by atoms with van der Waals surface area (Å²) in [5.41, 5.74) is 0. The first kappa shape index (κ1) is 11.4. The van der Waals surface area contributed by atoms with Crippen molar-refractivity contribution in [2.24, 2.45) is 0 Å². The molecule has 1 N–H and O–H groups in total. The van der Waals surface area contributed by atoms with Crippen molar-refractivity contribution in [1.82, 2.24) is 15.1 Å². The fraction of sp³-hybridized carbons (Fsp3) is 1.00. The number of piperidine rings is 1. The van der Waals surface area contributed by atoms with Gasteiger partial charge in [-0.05, 0) is 52.7 Å². The highest BCUT2D eigenvalue weighted by Gasteiger charge is 2.25. The maximum Gasteiger partial charge on any atom is 0.0597 e. The normalized spacial score (nSPS) is 36.4. The minimum absolute atomic E-state index is 0.660. The van der Waals surface area contributed by atoms with Gasteiger partial charge in [-0.25, -0.2) is 0 Å². The Labute approximate surface area is 93.8 Å². The molecule has 0 spiro atoms. The minimum Gasteiger partial charge on any atom is -0.302 e. The van der Waals surface area contributed by atoms with E-state index in [9.17, 15) is 0 Å². The van der Waals surface area contributed by atoms with Gasteiger partial charge in [0.1, 0.15) is 0 Å². The van der Waals surface area contributed by atoms with Crippen LogP contribution in [0.15, 0.2) is 0 Å². The van der Waals surface area contributed by atoms with E-state index in [0.29, 0.717) is 12.2 Å². The molecule has 2 aliphatic rings. The SMILES string of the molecule is CC1CN(C2CCCCN2)CCCN1C. The molecule has 2 saturated heterocycles. The summed E-state index contributed by atoms with van der Waals surface area (Å²) >= 11 is 0. The molecule has 0 aromatic heterocycles. The molecule has 2 heterocycles. The lowest BCUT2D eigenvalue weighted by Crippen LogP contribution is -2.50. The molecule has 0 aromatic carbocycles. The van der Waals surface area contributed by atoms with E-state index in [1.807, 2.05) is 0 Å². The van der Waals surface area contributed by atoms with Crippen LogP contribution in [-0.4, -0.2) is 55.2 Å². The summed E-state index contributed by atoms with van der Waals surface area (Å²) in [7, 11) is 2.25. The molecule has 0 saturated carbocycles. The first-order chi connectivity index (χ1) is 7.27. The molecule has 2 fully saturated rings. The number of nitrogens with zero attached hydrogens (tertiary/aromatic N) is 2. The Morgan fingerprint density at radius 1 is 1.13 bits per heavy atom. The molecule has 88 valence electrons. The third-order valence-corrected chi connectivity index (χ3v) is 3.93. The highest BCUT2D eigenvalue weighted by molar-refractivity contribution is 4.80. The van der Waals surface area contributed by atoms with Crippen LogP contribution in [0.4, 0.5) is 0 Å². The summed E-state index contributed by atoms with van der Waals surface area (Å²) in [6, 6.07) is 0.705. The van der Waals surface area contributed by atoms with E-state index in [-0.39, 0.29) is 0 Å². The zero-order chi connectivity index (χ0) is 10.7. The van der Waals surface area contributed by atoms with Crippen LogP contribution >= 0.6 is 0 Å². The summed E-state index contributed by atoms with van der Waals surface area (Å²) in [6.07, 6.45) is 6.08. The molecule has 15 heavy (non-hydrogen) atoms. The lowest BCUT2D eigenvalue weighted by atomic mass is 10.1. The average molecular weight is 211 g/mol. The Balaban J connectivity index is 1.90. The van der Waals surface area contributed by atoms with Crippen LogP contribution in [0, 0.1) is 0 Å². The molecule has 0 bridgehead atoms. The second-order valence-electron chi connectivity index (χ2n) is 5.14. The number of hydrogen-bond acceptors (Lipinski definition) is 3. The second-order valence-corrected chi connectivity index (χ2v) is 5.14. The largest absolute Gasteiger partial charge is 0.302 e. The minimum atomic E-state index is 0.660. The van der Waals surface area contributed by atoms with Crippen molar-refractivity contribution in [3.05, 3.63) is 0 Å². The third kappa shape index (κ3) is 2.92. The number of hydrogen-bond donors (Lipinski definition) is 1. The average Bonchev–Trinajstić information content (AvgIpc) is 2.43. The first-order valence-electron chi connectivity index (χ1n) is 6.45. The van der Waals surface area contributed by atoms with Crippen molar-refractivity contribution < 1.29 is 0 Å². The van der Waals surface area contributed by atoms with Gasteiger partial charge in [0.2, 0.25) is 0 Å². The predicted molar refractivity (Wildman–Crippen MR) is 63.9 cm³/mol. The van der Waals surface area contributed by atoms with Gasteiger partial charge in [0, 0.05) is 19.1 Å². The standard InChI is InChI=1S/C12H25N3/c1-11-10-15(9-5-8-14(11)2)12-6-3-4-7-13-12/h11-13H,3-10H2,1-2H3. The van der Waals surface area contributed by atoms with Gasteiger partial charge < -0.3 is 10.2 Å². The smallest absolute Gasteiger partial charge is 0.0597 e. The van der Waals surface area contributed by atoms with Gasteiger partial charge in [-0.15, -0.1) is 0 Å². The molecule has 0 radical (unpaired) electrons. The van der Waals surface area contributed by atoms with Crippen molar-refractivity contribution in [2.45, 2.75) is 44.8 Å². The van der Waals surface area contributed by atoms with Crippen LogP contribution in [-0.2, 0) is 0 Å². The lowest BCUT2D eigenvalue weighted by Gasteiger charge is -2.35. The second kappa shape index (κ2) is 5.28. The maximum atomic E-state index is 3.66. The molecule has 2 atom stereocenters.